The minimum absolute atomic E-state index is 0.103. The molecule has 3 heterocycles. The molecule has 0 unspecified atom stereocenters. The molecule has 1 aromatic carbocycles. The molecule has 4 rings (SSSR count). The van der Waals surface area contributed by atoms with Gasteiger partial charge in [0, 0.05) is 24.0 Å². The highest BCUT2D eigenvalue weighted by Gasteiger charge is 2.37. The second-order valence-electron chi connectivity index (χ2n) is 7.77. The molecule has 1 atom stereocenters. The van der Waals surface area contributed by atoms with E-state index in [0.29, 0.717) is 41.7 Å². The SMILES string of the molecule is Cc1nn(C(C)C)c(C)c1S(=O)(=O)N1CC[C@H](Oc2ccc3ccccc3n2)C1. The molecule has 29 heavy (non-hydrogen) atoms. The zero-order chi connectivity index (χ0) is 20.8. The normalized spacial score (nSPS) is 18.0. The number of hydrogen-bond donors (Lipinski definition) is 0. The Morgan fingerprint density at radius 3 is 2.62 bits per heavy atom. The summed E-state index contributed by atoms with van der Waals surface area (Å²) in [6.07, 6.45) is 0.406. The number of pyridine rings is 1. The fraction of sp³-hybridized carbons (Fsp3) is 0.429. The molecule has 0 aliphatic carbocycles. The maximum atomic E-state index is 13.3. The molecule has 1 aliphatic heterocycles. The van der Waals surface area contributed by atoms with Crippen molar-refractivity contribution in [1.29, 1.82) is 0 Å². The number of hydrogen-bond acceptors (Lipinski definition) is 5. The Balaban J connectivity index is 1.53. The first kappa shape index (κ1) is 19.8. The molecular weight excluding hydrogens is 388 g/mol. The molecule has 1 fully saturated rings. The third kappa shape index (κ3) is 3.62. The van der Waals surface area contributed by atoms with Crippen molar-refractivity contribution in [2.75, 3.05) is 13.1 Å². The van der Waals surface area contributed by atoms with Crippen LogP contribution in [0.25, 0.3) is 10.9 Å². The van der Waals surface area contributed by atoms with Gasteiger partial charge in [0.15, 0.2) is 0 Å². The molecule has 0 saturated carbocycles. The lowest BCUT2D eigenvalue weighted by Crippen LogP contribution is -2.31. The van der Waals surface area contributed by atoms with Gasteiger partial charge in [-0.25, -0.2) is 13.4 Å². The van der Waals surface area contributed by atoms with E-state index in [-0.39, 0.29) is 12.1 Å². The van der Waals surface area contributed by atoms with Crippen molar-refractivity contribution in [1.82, 2.24) is 19.1 Å². The zero-order valence-corrected chi connectivity index (χ0v) is 18.0. The van der Waals surface area contributed by atoms with Gasteiger partial charge in [-0.3, -0.25) is 4.68 Å². The fourth-order valence-electron chi connectivity index (χ4n) is 3.95. The summed E-state index contributed by atoms with van der Waals surface area (Å²) < 4.78 is 35.9. The quantitative estimate of drug-likeness (QED) is 0.639. The largest absolute Gasteiger partial charge is 0.473 e. The maximum absolute atomic E-state index is 13.3. The molecule has 3 aromatic rings. The summed E-state index contributed by atoms with van der Waals surface area (Å²) >= 11 is 0. The highest BCUT2D eigenvalue weighted by atomic mass is 32.2. The van der Waals surface area contributed by atoms with Gasteiger partial charge in [-0.15, -0.1) is 0 Å². The smallest absolute Gasteiger partial charge is 0.246 e. The predicted molar refractivity (Wildman–Crippen MR) is 112 cm³/mol. The van der Waals surface area contributed by atoms with Crippen LogP contribution in [-0.2, 0) is 10.0 Å². The zero-order valence-electron chi connectivity index (χ0n) is 17.2. The minimum Gasteiger partial charge on any atom is -0.473 e. The molecule has 1 saturated heterocycles. The Hall–Kier alpha value is -2.45. The molecule has 2 aromatic heterocycles. The van der Waals surface area contributed by atoms with Crippen LogP contribution in [-0.4, -0.2) is 46.7 Å². The number of ether oxygens (including phenoxy) is 1. The molecular formula is C21H26N4O3S. The highest BCUT2D eigenvalue weighted by molar-refractivity contribution is 7.89. The molecule has 0 spiro atoms. The Morgan fingerprint density at radius 2 is 1.90 bits per heavy atom. The highest BCUT2D eigenvalue weighted by Crippen LogP contribution is 2.29. The van der Waals surface area contributed by atoms with E-state index < -0.39 is 10.0 Å². The first-order valence-electron chi connectivity index (χ1n) is 9.85. The molecule has 0 bridgehead atoms. The van der Waals surface area contributed by atoms with E-state index in [1.165, 1.54) is 4.31 Å². The van der Waals surface area contributed by atoms with Gasteiger partial charge in [-0.2, -0.15) is 9.40 Å². The van der Waals surface area contributed by atoms with Crippen molar-refractivity contribution in [3.8, 4) is 5.88 Å². The molecule has 0 amide bonds. The molecule has 1 aliphatic rings. The second kappa shape index (κ2) is 7.42. The molecule has 0 N–H and O–H groups in total. The Bertz CT molecular complexity index is 1150. The number of sulfonamides is 1. The van der Waals surface area contributed by atoms with Crippen molar-refractivity contribution in [3.63, 3.8) is 0 Å². The minimum atomic E-state index is -3.62. The molecule has 0 radical (unpaired) electrons. The van der Waals surface area contributed by atoms with Crippen LogP contribution in [0.15, 0.2) is 41.3 Å². The van der Waals surface area contributed by atoms with Crippen LogP contribution in [0.2, 0.25) is 0 Å². The topological polar surface area (TPSA) is 77.3 Å². The van der Waals surface area contributed by atoms with Gasteiger partial charge >= 0.3 is 0 Å². The van der Waals surface area contributed by atoms with E-state index in [4.69, 9.17) is 4.74 Å². The lowest BCUT2D eigenvalue weighted by molar-refractivity contribution is 0.207. The summed E-state index contributed by atoms with van der Waals surface area (Å²) in [6, 6.07) is 11.7. The predicted octanol–water partition coefficient (Wildman–Crippen LogP) is 3.47. The summed E-state index contributed by atoms with van der Waals surface area (Å²) in [7, 11) is -3.62. The fourth-order valence-corrected chi connectivity index (χ4v) is 5.80. The van der Waals surface area contributed by atoms with Crippen LogP contribution in [0.3, 0.4) is 0 Å². The number of rotatable bonds is 5. The van der Waals surface area contributed by atoms with Crippen LogP contribution in [0.5, 0.6) is 5.88 Å². The van der Waals surface area contributed by atoms with Gasteiger partial charge < -0.3 is 4.74 Å². The number of benzene rings is 1. The van der Waals surface area contributed by atoms with Crippen LogP contribution in [0.1, 0.15) is 37.7 Å². The van der Waals surface area contributed by atoms with Gasteiger partial charge in [0.05, 0.1) is 23.4 Å². The van der Waals surface area contributed by atoms with Gasteiger partial charge in [-0.05, 0) is 46.2 Å². The maximum Gasteiger partial charge on any atom is 0.246 e. The van der Waals surface area contributed by atoms with Gasteiger partial charge in [-0.1, -0.05) is 18.2 Å². The van der Waals surface area contributed by atoms with Crippen LogP contribution in [0.4, 0.5) is 0 Å². The number of para-hydroxylation sites is 1. The van der Waals surface area contributed by atoms with Crippen molar-refractivity contribution >= 4 is 20.9 Å². The summed E-state index contributed by atoms with van der Waals surface area (Å²) in [5, 5.41) is 5.48. The average Bonchev–Trinajstić information content (AvgIpc) is 3.26. The second-order valence-corrected chi connectivity index (χ2v) is 9.65. The van der Waals surface area contributed by atoms with Crippen molar-refractivity contribution < 1.29 is 13.2 Å². The molecule has 8 heteroatoms. The third-order valence-corrected chi connectivity index (χ3v) is 7.43. The van der Waals surface area contributed by atoms with Gasteiger partial charge in [0.1, 0.15) is 11.0 Å². The Morgan fingerprint density at radius 1 is 1.14 bits per heavy atom. The first-order chi connectivity index (χ1) is 13.8. The number of nitrogens with zero attached hydrogens (tertiary/aromatic N) is 4. The average molecular weight is 415 g/mol. The van der Waals surface area contributed by atoms with E-state index in [2.05, 4.69) is 10.1 Å². The molecule has 7 nitrogen and oxygen atoms in total. The van der Waals surface area contributed by atoms with Crippen LogP contribution < -0.4 is 4.74 Å². The lowest BCUT2D eigenvalue weighted by atomic mass is 10.2. The number of fused-ring (bicyclic) bond motifs is 1. The van der Waals surface area contributed by atoms with Crippen LogP contribution in [0, 0.1) is 13.8 Å². The summed E-state index contributed by atoms with van der Waals surface area (Å²) in [5.74, 6) is 0.521. The summed E-state index contributed by atoms with van der Waals surface area (Å²) in [5.41, 5.74) is 2.08. The van der Waals surface area contributed by atoms with E-state index in [9.17, 15) is 8.42 Å². The summed E-state index contributed by atoms with van der Waals surface area (Å²) in [4.78, 5) is 4.85. The van der Waals surface area contributed by atoms with Gasteiger partial charge in [0.25, 0.3) is 0 Å². The van der Waals surface area contributed by atoms with E-state index in [1.807, 2.05) is 57.2 Å². The summed E-state index contributed by atoms with van der Waals surface area (Å²) in [6.45, 7) is 8.28. The number of aryl methyl sites for hydroxylation is 1. The van der Waals surface area contributed by atoms with E-state index in [1.54, 1.807) is 11.6 Å². The van der Waals surface area contributed by atoms with Crippen molar-refractivity contribution in [3.05, 3.63) is 47.8 Å². The Labute approximate surface area is 171 Å². The van der Waals surface area contributed by atoms with E-state index in [0.717, 1.165) is 10.9 Å². The Kier molecular flexibility index (Phi) is 5.08. The first-order valence-corrected chi connectivity index (χ1v) is 11.3. The van der Waals surface area contributed by atoms with Crippen molar-refractivity contribution in [2.45, 2.75) is 51.2 Å². The standard InChI is InChI=1S/C21H26N4O3S/c1-14(2)25-16(4)21(15(3)23-25)29(26,27)24-12-11-18(13-24)28-20-10-9-17-7-5-6-8-19(17)22-20/h5-10,14,18H,11-13H2,1-4H3/t18-/m0/s1. The van der Waals surface area contributed by atoms with Gasteiger partial charge in [0.2, 0.25) is 15.9 Å². The monoisotopic (exact) mass is 414 g/mol. The van der Waals surface area contributed by atoms with Crippen LogP contribution >= 0.6 is 0 Å². The lowest BCUT2D eigenvalue weighted by Gasteiger charge is -2.18. The van der Waals surface area contributed by atoms with Crippen molar-refractivity contribution in [2.24, 2.45) is 0 Å². The van der Waals surface area contributed by atoms with E-state index >= 15 is 0 Å². The number of aromatic nitrogens is 3. The third-order valence-electron chi connectivity index (χ3n) is 5.31. The molecule has 154 valence electrons.